The molecule has 0 atom stereocenters. The number of hydrogen-bond acceptors (Lipinski definition) is 5. The quantitative estimate of drug-likeness (QED) is 0.707. The molecule has 0 amide bonds. The van der Waals surface area contributed by atoms with E-state index in [0.717, 1.165) is 31.1 Å². The van der Waals surface area contributed by atoms with Gasteiger partial charge in [-0.2, -0.15) is 4.98 Å². The van der Waals surface area contributed by atoms with E-state index in [-0.39, 0.29) is 0 Å². The molecule has 1 aromatic rings. The van der Waals surface area contributed by atoms with Gasteiger partial charge in [-0.05, 0) is 26.2 Å². The highest BCUT2D eigenvalue weighted by Gasteiger charge is 2.21. The van der Waals surface area contributed by atoms with Crippen LogP contribution in [0.2, 0.25) is 0 Å². The lowest BCUT2D eigenvalue weighted by Gasteiger charge is -2.09. The van der Waals surface area contributed by atoms with E-state index in [1.807, 2.05) is 13.0 Å². The molecule has 1 heterocycles. The van der Waals surface area contributed by atoms with E-state index in [0.29, 0.717) is 12.0 Å². The van der Waals surface area contributed by atoms with Gasteiger partial charge in [0.1, 0.15) is 5.82 Å². The second-order valence-electron chi connectivity index (χ2n) is 4.41. The summed E-state index contributed by atoms with van der Waals surface area (Å²) in [7, 11) is 1.71. The van der Waals surface area contributed by atoms with Gasteiger partial charge >= 0.3 is 0 Å². The fourth-order valence-electron chi connectivity index (χ4n) is 1.58. The van der Waals surface area contributed by atoms with Crippen molar-refractivity contribution in [2.24, 2.45) is 0 Å². The molecule has 0 bridgehead atoms. The maximum atomic E-state index is 4.99. The van der Waals surface area contributed by atoms with Crippen molar-refractivity contribution in [1.29, 1.82) is 0 Å². The summed E-state index contributed by atoms with van der Waals surface area (Å²) in [6.45, 7) is 3.58. The summed E-state index contributed by atoms with van der Waals surface area (Å²) in [6.07, 6.45) is 3.46. The molecule has 1 saturated carbocycles. The normalized spacial score (nSPS) is 14.7. The Kier molecular flexibility index (Phi) is 4.14. The molecule has 17 heavy (non-hydrogen) atoms. The van der Waals surface area contributed by atoms with Gasteiger partial charge in [0.15, 0.2) is 0 Å². The van der Waals surface area contributed by atoms with Crippen LogP contribution in [0.4, 0.5) is 11.8 Å². The first-order valence-corrected chi connectivity index (χ1v) is 6.13. The zero-order valence-electron chi connectivity index (χ0n) is 10.5. The number of hydrogen-bond donors (Lipinski definition) is 2. The van der Waals surface area contributed by atoms with Crippen LogP contribution in [0.1, 0.15) is 25.0 Å². The lowest BCUT2D eigenvalue weighted by molar-refractivity contribution is 0.197. The summed E-state index contributed by atoms with van der Waals surface area (Å²) >= 11 is 0. The van der Waals surface area contributed by atoms with Crippen LogP contribution in [0.5, 0.6) is 0 Å². The molecule has 2 N–H and O–H groups in total. The maximum Gasteiger partial charge on any atom is 0.224 e. The third kappa shape index (κ3) is 4.19. The van der Waals surface area contributed by atoms with Gasteiger partial charge in [-0.25, -0.2) is 4.98 Å². The van der Waals surface area contributed by atoms with E-state index in [9.17, 15) is 0 Å². The second kappa shape index (κ2) is 5.82. The van der Waals surface area contributed by atoms with Crippen LogP contribution in [0.15, 0.2) is 6.07 Å². The molecule has 0 unspecified atom stereocenters. The molecule has 1 aromatic heterocycles. The van der Waals surface area contributed by atoms with Crippen LogP contribution in [-0.4, -0.2) is 36.3 Å². The van der Waals surface area contributed by atoms with Crippen molar-refractivity contribution in [2.75, 3.05) is 30.9 Å². The average molecular weight is 236 g/mol. The molecule has 2 rings (SSSR count). The van der Waals surface area contributed by atoms with Crippen molar-refractivity contribution in [3.05, 3.63) is 11.8 Å². The lowest BCUT2D eigenvalue weighted by atomic mass is 10.4. The highest BCUT2D eigenvalue weighted by molar-refractivity contribution is 5.43. The van der Waals surface area contributed by atoms with Crippen LogP contribution in [0.25, 0.3) is 0 Å². The van der Waals surface area contributed by atoms with Crippen molar-refractivity contribution in [3.63, 3.8) is 0 Å². The monoisotopic (exact) mass is 236 g/mol. The Morgan fingerprint density at radius 3 is 2.94 bits per heavy atom. The van der Waals surface area contributed by atoms with Crippen LogP contribution in [0.3, 0.4) is 0 Å². The molecule has 0 saturated heterocycles. The number of anilines is 2. The zero-order valence-corrected chi connectivity index (χ0v) is 10.5. The number of nitrogens with one attached hydrogen (secondary N) is 2. The molecular weight excluding hydrogens is 216 g/mol. The van der Waals surface area contributed by atoms with Gasteiger partial charge in [0, 0.05) is 38.1 Å². The van der Waals surface area contributed by atoms with Crippen LogP contribution < -0.4 is 10.6 Å². The third-order valence-electron chi connectivity index (χ3n) is 2.59. The molecule has 0 spiro atoms. The van der Waals surface area contributed by atoms with Gasteiger partial charge < -0.3 is 15.4 Å². The molecule has 94 valence electrons. The number of nitrogens with zero attached hydrogens (tertiary/aromatic N) is 2. The minimum Gasteiger partial charge on any atom is -0.385 e. The third-order valence-corrected chi connectivity index (χ3v) is 2.59. The van der Waals surface area contributed by atoms with E-state index in [1.54, 1.807) is 7.11 Å². The van der Waals surface area contributed by atoms with Crippen molar-refractivity contribution in [3.8, 4) is 0 Å². The number of ether oxygens (including phenoxy) is 1. The summed E-state index contributed by atoms with van der Waals surface area (Å²) in [5, 5.41) is 6.59. The van der Waals surface area contributed by atoms with Gasteiger partial charge in [-0.1, -0.05) is 0 Å². The lowest BCUT2D eigenvalue weighted by Crippen LogP contribution is -2.10. The first-order valence-electron chi connectivity index (χ1n) is 6.13. The number of methoxy groups -OCH3 is 1. The Balaban J connectivity index is 1.88. The average Bonchev–Trinajstić information content (AvgIpc) is 3.07. The zero-order chi connectivity index (χ0) is 12.1. The van der Waals surface area contributed by atoms with E-state index in [1.165, 1.54) is 12.8 Å². The fraction of sp³-hybridized carbons (Fsp3) is 0.667. The summed E-state index contributed by atoms with van der Waals surface area (Å²) in [6, 6.07) is 2.60. The smallest absolute Gasteiger partial charge is 0.224 e. The molecule has 1 fully saturated rings. The SMILES string of the molecule is COCCCNc1nc(C)cc(NC2CC2)n1. The van der Waals surface area contributed by atoms with Gasteiger partial charge in [0.2, 0.25) is 5.95 Å². The summed E-state index contributed by atoms with van der Waals surface area (Å²) < 4.78 is 4.99. The van der Waals surface area contributed by atoms with Crippen molar-refractivity contribution in [1.82, 2.24) is 9.97 Å². The standard InChI is InChI=1S/C12H20N4O/c1-9-8-11(15-10-4-5-10)16-12(14-9)13-6-3-7-17-2/h8,10H,3-7H2,1-2H3,(H2,13,14,15,16). The maximum absolute atomic E-state index is 4.99. The van der Waals surface area contributed by atoms with Gasteiger partial charge in [0.05, 0.1) is 0 Å². The minimum atomic E-state index is 0.616. The molecule has 0 aromatic carbocycles. The summed E-state index contributed by atoms with van der Waals surface area (Å²) in [4.78, 5) is 8.79. The number of aromatic nitrogens is 2. The topological polar surface area (TPSA) is 59.1 Å². The van der Waals surface area contributed by atoms with Crippen LogP contribution >= 0.6 is 0 Å². The summed E-state index contributed by atoms with van der Waals surface area (Å²) in [5.41, 5.74) is 0.984. The predicted octanol–water partition coefficient (Wildman–Crippen LogP) is 1.81. The Bertz CT molecular complexity index is 366. The minimum absolute atomic E-state index is 0.616. The molecule has 5 heteroatoms. The molecule has 0 radical (unpaired) electrons. The van der Waals surface area contributed by atoms with Crippen molar-refractivity contribution < 1.29 is 4.74 Å². The Hall–Kier alpha value is -1.36. The first-order chi connectivity index (χ1) is 8.28. The fourth-order valence-corrected chi connectivity index (χ4v) is 1.58. The molecule has 0 aliphatic heterocycles. The summed E-state index contributed by atoms with van der Waals surface area (Å²) in [5.74, 6) is 1.62. The van der Waals surface area contributed by atoms with E-state index in [2.05, 4.69) is 20.6 Å². The van der Waals surface area contributed by atoms with E-state index in [4.69, 9.17) is 4.74 Å². The first kappa shape index (κ1) is 12.1. The predicted molar refractivity (Wildman–Crippen MR) is 68.4 cm³/mol. The number of rotatable bonds is 7. The Morgan fingerprint density at radius 1 is 1.41 bits per heavy atom. The second-order valence-corrected chi connectivity index (χ2v) is 4.41. The van der Waals surface area contributed by atoms with Crippen LogP contribution in [0, 0.1) is 6.92 Å². The van der Waals surface area contributed by atoms with Gasteiger partial charge in [-0.15, -0.1) is 0 Å². The molecule has 1 aliphatic rings. The van der Waals surface area contributed by atoms with Crippen molar-refractivity contribution in [2.45, 2.75) is 32.2 Å². The largest absolute Gasteiger partial charge is 0.385 e. The van der Waals surface area contributed by atoms with Gasteiger partial charge in [-0.3, -0.25) is 0 Å². The van der Waals surface area contributed by atoms with Crippen molar-refractivity contribution >= 4 is 11.8 Å². The Morgan fingerprint density at radius 2 is 2.24 bits per heavy atom. The highest BCUT2D eigenvalue weighted by atomic mass is 16.5. The van der Waals surface area contributed by atoms with Crippen LogP contribution in [-0.2, 0) is 4.74 Å². The van der Waals surface area contributed by atoms with E-state index >= 15 is 0 Å². The van der Waals surface area contributed by atoms with E-state index < -0.39 is 0 Å². The molecule has 5 nitrogen and oxygen atoms in total. The molecule has 1 aliphatic carbocycles. The number of aryl methyl sites for hydroxylation is 1. The molecular formula is C12H20N4O. The highest BCUT2D eigenvalue weighted by Crippen LogP contribution is 2.24. The van der Waals surface area contributed by atoms with Gasteiger partial charge in [0.25, 0.3) is 0 Å². The Labute approximate surface area is 102 Å².